The predicted molar refractivity (Wildman–Crippen MR) is 59.7 cm³/mol. The Kier molecular flexibility index (Phi) is 2.42. The molecule has 0 saturated carbocycles. The molecule has 4 nitrogen and oxygen atoms in total. The van der Waals surface area contributed by atoms with E-state index in [1.54, 1.807) is 7.05 Å². The first kappa shape index (κ1) is 10.7. The van der Waals surface area contributed by atoms with Crippen molar-refractivity contribution in [2.75, 3.05) is 7.05 Å². The average molecular weight is 218 g/mol. The van der Waals surface area contributed by atoms with Crippen molar-refractivity contribution < 1.29 is 9.59 Å². The van der Waals surface area contributed by atoms with Crippen LogP contribution < -0.4 is 5.32 Å². The molecule has 16 heavy (non-hydrogen) atoms. The molecule has 1 aliphatic rings. The van der Waals surface area contributed by atoms with E-state index in [-0.39, 0.29) is 11.9 Å². The minimum atomic E-state index is -0.849. The zero-order valence-electron chi connectivity index (χ0n) is 9.36. The summed E-state index contributed by atoms with van der Waals surface area (Å²) >= 11 is 0. The van der Waals surface area contributed by atoms with Crippen LogP contribution in [0.25, 0.3) is 0 Å². The van der Waals surface area contributed by atoms with Crippen molar-refractivity contribution in [2.45, 2.75) is 18.9 Å². The highest BCUT2D eigenvalue weighted by molar-refractivity contribution is 6.07. The number of nitrogens with one attached hydrogen (secondary N) is 1. The number of carbonyl (C=O) groups is 2. The molecule has 1 aliphatic heterocycles. The van der Waals surface area contributed by atoms with Gasteiger partial charge in [0.05, 0.1) is 0 Å². The molecule has 1 atom stereocenters. The number of imide groups is 1. The molecular weight excluding hydrogens is 204 g/mol. The molecule has 1 fully saturated rings. The Morgan fingerprint density at radius 3 is 2.31 bits per heavy atom. The van der Waals surface area contributed by atoms with Gasteiger partial charge in [0.1, 0.15) is 5.54 Å². The summed E-state index contributed by atoms with van der Waals surface area (Å²) in [6, 6.07) is 9.04. The summed E-state index contributed by atoms with van der Waals surface area (Å²) in [5.74, 6) is -0.242. The van der Waals surface area contributed by atoms with Crippen LogP contribution in [0, 0.1) is 0 Å². The third kappa shape index (κ3) is 1.23. The molecule has 3 amide bonds. The fraction of sp³-hybridized carbons (Fsp3) is 0.333. The van der Waals surface area contributed by atoms with Gasteiger partial charge in [0.2, 0.25) is 0 Å². The average Bonchev–Trinajstić information content (AvgIpc) is 2.52. The van der Waals surface area contributed by atoms with Gasteiger partial charge < -0.3 is 4.90 Å². The van der Waals surface area contributed by atoms with Crippen LogP contribution in [-0.4, -0.2) is 23.9 Å². The highest BCUT2D eigenvalue weighted by Gasteiger charge is 2.50. The summed E-state index contributed by atoms with van der Waals surface area (Å²) in [6.07, 6.45) is 0.561. The summed E-state index contributed by atoms with van der Waals surface area (Å²) in [6.45, 7) is 1.90. The molecule has 1 N–H and O–H groups in total. The summed E-state index contributed by atoms with van der Waals surface area (Å²) in [4.78, 5) is 25.0. The molecule has 0 aliphatic carbocycles. The normalized spacial score (nSPS) is 24.8. The van der Waals surface area contributed by atoms with Crippen LogP contribution in [0.15, 0.2) is 30.3 Å². The number of benzene rings is 1. The molecule has 2 rings (SSSR count). The second-order valence-electron chi connectivity index (χ2n) is 3.90. The van der Waals surface area contributed by atoms with Crippen molar-refractivity contribution in [3.8, 4) is 0 Å². The lowest BCUT2D eigenvalue weighted by atomic mass is 9.86. The Balaban J connectivity index is 2.56. The number of likely N-dealkylation sites (N-methyl/N-ethyl adjacent to an activating group) is 1. The molecule has 1 saturated heterocycles. The molecule has 1 aromatic carbocycles. The molecule has 0 bridgehead atoms. The molecular formula is C12H14N2O2. The summed E-state index contributed by atoms with van der Waals surface area (Å²) < 4.78 is 0. The van der Waals surface area contributed by atoms with Gasteiger partial charge >= 0.3 is 6.03 Å². The smallest absolute Gasteiger partial charge is 0.309 e. The van der Waals surface area contributed by atoms with Crippen LogP contribution in [-0.2, 0) is 10.3 Å². The van der Waals surface area contributed by atoms with E-state index in [1.165, 1.54) is 4.90 Å². The number of hydrogen-bond acceptors (Lipinski definition) is 2. The Labute approximate surface area is 94.2 Å². The molecule has 4 heteroatoms. The third-order valence-corrected chi connectivity index (χ3v) is 3.24. The van der Waals surface area contributed by atoms with Gasteiger partial charge in [-0.3, -0.25) is 10.1 Å². The van der Waals surface area contributed by atoms with Gasteiger partial charge in [0.15, 0.2) is 0 Å². The first-order chi connectivity index (χ1) is 7.63. The highest BCUT2D eigenvalue weighted by Crippen LogP contribution is 2.34. The number of rotatable bonds is 2. The van der Waals surface area contributed by atoms with Crippen LogP contribution in [0.4, 0.5) is 4.79 Å². The SMILES string of the molecule is CC[C@@]1(c2ccccc2)C(=O)NC(=O)N1C. The molecule has 0 aromatic heterocycles. The van der Waals surface area contributed by atoms with Gasteiger partial charge in [-0.25, -0.2) is 4.79 Å². The molecule has 1 aromatic rings. The van der Waals surface area contributed by atoms with E-state index in [0.29, 0.717) is 6.42 Å². The molecule has 1 heterocycles. The second kappa shape index (κ2) is 3.63. The molecule has 84 valence electrons. The summed E-state index contributed by atoms with van der Waals surface area (Å²) in [5.41, 5.74) is 0.00146. The van der Waals surface area contributed by atoms with E-state index >= 15 is 0 Å². The van der Waals surface area contributed by atoms with E-state index in [1.807, 2.05) is 37.3 Å². The van der Waals surface area contributed by atoms with Gasteiger partial charge in [-0.2, -0.15) is 0 Å². The lowest BCUT2D eigenvalue weighted by Crippen LogP contribution is -2.44. The van der Waals surface area contributed by atoms with E-state index in [4.69, 9.17) is 0 Å². The van der Waals surface area contributed by atoms with Crippen molar-refractivity contribution in [3.63, 3.8) is 0 Å². The second-order valence-corrected chi connectivity index (χ2v) is 3.90. The fourth-order valence-electron chi connectivity index (χ4n) is 2.25. The summed E-state index contributed by atoms with van der Waals surface area (Å²) in [7, 11) is 1.65. The van der Waals surface area contributed by atoms with Crippen LogP contribution in [0.2, 0.25) is 0 Å². The molecule has 0 spiro atoms. The minimum absolute atomic E-state index is 0.242. The monoisotopic (exact) mass is 218 g/mol. The van der Waals surface area contributed by atoms with Gasteiger partial charge in [0, 0.05) is 7.05 Å². The maximum absolute atomic E-state index is 12.0. The first-order valence-electron chi connectivity index (χ1n) is 5.27. The van der Waals surface area contributed by atoms with Gasteiger partial charge in [-0.05, 0) is 12.0 Å². The Morgan fingerprint density at radius 2 is 1.88 bits per heavy atom. The maximum Gasteiger partial charge on any atom is 0.325 e. The van der Waals surface area contributed by atoms with Crippen LogP contribution in [0.3, 0.4) is 0 Å². The van der Waals surface area contributed by atoms with E-state index in [9.17, 15) is 9.59 Å². The van der Waals surface area contributed by atoms with Crippen LogP contribution in [0.1, 0.15) is 18.9 Å². The predicted octanol–water partition coefficient (Wildman–Crippen LogP) is 1.47. The van der Waals surface area contributed by atoms with Crippen LogP contribution >= 0.6 is 0 Å². The van der Waals surface area contributed by atoms with E-state index in [2.05, 4.69) is 5.32 Å². The number of amides is 3. The zero-order chi connectivity index (χ0) is 11.8. The number of carbonyl (C=O) groups excluding carboxylic acids is 2. The third-order valence-electron chi connectivity index (χ3n) is 3.24. The largest absolute Gasteiger partial charge is 0.325 e. The molecule has 0 unspecified atom stereocenters. The van der Waals surface area contributed by atoms with Gasteiger partial charge in [-0.1, -0.05) is 37.3 Å². The standard InChI is InChI=1S/C12H14N2O2/c1-3-12(9-7-5-4-6-8-9)10(15)13-11(16)14(12)2/h4-8H,3H2,1-2H3,(H,13,15,16)/t12-/m1/s1. The Morgan fingerprint density at radius 1 is 1.25 bits per heavy atom. The molecule has 0 radical (unpaired) electrons. The summed E-state index contributed by atoms with van der Waals surface area (Å²) in [5, 5.41) is 2.35. The fourth-order valence-corrected chi connectivity index (χ4v) is 2.25. The van der Waals surface area contributed by atoms with Crippen LogP contribution in [0.5, 0.6) is 0 Å². The quantitative estimate of drug-likeness (QED) is 0.764. The minimum Gasteiger partial charge on any atom is -0.309 e. The number of urea groups is 1. The van der Waals surface area contributed by atoms with Crippen molar-refractivity contribution >= 4 is 11.9 Å². The lowest BCUT2D eigenvalue weighted by Gasteiger charge is -2.32. The van der Waals surface area contributed by atoms with Crippen molar-refractivity contribution in [2.24, 2.45) is 0 Å². The van der Waals surface area contributed by atoms with Crippen molar-refractivity contribution in [1.82, 2.24) is 10.2 Å². The Bertz CT molecular complexity index is 430. The topological polar surface area (TPSA) is 49.4 Å². The van der Waals surface area contributed by atoms with Gasteiger partial charge in [-0.15, -0.1) is 0 Å². The van der Waals surface area contributed by atoms with Crippen molar-refractivity contribution in [1.29, 1.82) is 0 Å². The number of nitrogens with zero attached hydrogens (tertiary/aromatic N) is 1. The zero-order valence-corrected chi connectivity index (χ0v) is 9.36. The maximum atomic E-state index is 12.0. The highest BCUT2D eigenvalue weighted by atomic mass is 16.2. The number of hydrogen-bond donors (Lipinski definition) is 1. The van der Waals surface area contributed by atoms with Gasteiger partial charge in [0.25, 0.3) is 5.91 Å². The first-order valence-corrected chi connectivity index (χ1v) is 5.27. The Hall–Kier alpha value is -1.84. The van der Waals surface area contributed by atoms with E-state index in [0.717, 1.165) is 5.56 Å². The lowest BCUT2D eigenvalue weighted by molar-refractivity contribution is -0.126. The van der Waals surface area contributed by atoms with Crippen molar-refractivity contribution in [3.05, 3.63) is 35.9 Å². The van der Waals surface area contributed by atoms with E-state index < -0.39 is 5.54 Å².